The van der Waals surface area contributed by atoms with Crippen molar-refractivity contribution in [3.05, 3.63) is 99.7 Å². The van der Waals surface area contributed by atoms with Crippen molar-refractivity contribution >= 4 is 53.6 Å². The molecule has 0 saturated heterocycles. The molecule has 3 amide bonds. The molecule has 1 aromatic heterocycles. The summed E-state index contributed by atoms with van der Waals surface area (Å²) in [5, 5.41) is 19.1. The molecule has 0 aliphatic heterocycles. The number of rotatable bonds is 12. The minimum Gasteiger partial charge on any atom is -0.444 e. The Morgan fingerprint density at radius 1 is 1.06 bits per heavy atom. The monoisotopic (exact) mass is 702 g/mol. The number of halogens is 1. The number of carbonyl (C=O) groups excluding carboxylic acids is 3. The van der Waals surface area contributed by atoms with Crippen molar-refractivity contribution in [1.29, 1.82) is 5.41 Å². The molecule has 0 fully saturated rings. The van der Waals surface area contributed by atoms with Crippen LogP contribution >= 0.6 is 12.6 Å². The van der Waals surface area contributed by atoms with Gasteiger partial charge in [0.25, 0.3) is 5.56 Å². The van der Waals surface area contributed by atoms with Gasteiger partial charge in [-0.25, -0.2) is 14.2 Å². The third-order valence-corrected chi connectivity index (χ3v) is 7.64. The van der Waals surface area contributed by atoms with Gasteiger partial charge in [-0.05, 0) is 49.7 Å². The van der Waals surface area contributed by atoms with Crippen LogP contribution in [0.5, 0.6) is 0 Å². The number of amides is 3. The van der Waals surface area contributed by atoms with Crippen molar-refractivity contribution in [2.45, 2.75) is 58.3 Å². The molecule has 15 heteroatoms. The van der Waals surface area contributed by atoms with Gasteiger partial charge in [0.05, 0.1) is 11.9 Å². The highest BCUT2D eigenvalue weighted by atomic mass is 32.1. The Morgan fingerprint density at radius 2 is 1.78 bits per heavy atom. The van der Waals surface area contributed by atoms with Gasteiger partial charge in [0.2, 0.25) is 11.8 Å². The highest BCUT2D eigenvalue weighted by molar-refractivity contribution is 7.80. The molecule has 262 valence electrons. The number of carbonyl (C=O) groups is 3. The second kappa shape index (κ2) is 16.6. The number of nitrogens with two attached hydrogens (primary N) is 1. The van der Waals surface area contributed by atoms with Crippen molar-refractivity contribution in [3.8, 4) is 11.3 Å². The lowest BCUT2D eigenvalue weighted by molar-refractivity contribution is -0.122. The molecule has 3 aromatic carbocycles. The summed E-state index contributed by atoms with van der Waals surface area (Å²) in [4.78, 5) is 55.9. The van der Waals surface area contributed by atoms with Crippen LogP contribution in [-0.4, -0.2) is 39.3 Å². The number of amidine groups is 1. The summed E-state index contributed by atoms with van der Waals surface area (Å²) < 4.78 is 20.3. The van der Waals surface area contributed by atoms with E-state index in [2.05, 4.69) is 38.9 Å². The zero-order valence-corrected chi connectivity index (χ0v) is 28.9. The number of anilines is 3. The molecular weight excluding hydrogens is 664 g/mol. The Morgan fingerprint density at radius 3 is 2.44 bits per heavy atom. The zero-order valence-electron chi connectivity index (χ0n) is 28.0. The average Bonchev–Trinajstić information content (AvgIpc) is 3.05. The molecule has 1 heterocycles. The van der Waals surface area contributed by atoms with Crippen LogP contribution in [-0.2, 0) is 34.0 Å². The van der Waals surface area contributed by atoms with Crippen LogP contribution in [0.25, 0.3) is 11.3 Å². The average molecular weight is 703 g/mol. The standard InChI is InChI=1S/C35H39FN8O5S/c1-19(2)33(46)42-25-13-23(12-24(37)14-25)28-16-40-32(41-20(3)4)34(47)44(28)17-30(45)39-15-21-8-10-22(11-9-21)31(38)43-35(48)49-18-26-27(36)6-5-7-29(26)50/h5-14,16,19-20,50H,15,17-18,37H2,1-4H3,(H,39,45)(H,40,41)(H,42,46)(H2,38,43,48). The van der Waals surface area contributed by atoms with Gasteiger partial charge in [-0.1, -0.05) is 44.2 Å². The second-order valence-corrected chi connectivity index (χ2v) is 12.4. The number of benzene rings is 3. The van der Waals surface area contributed by atoms with E-state index in [1.54, 1.807) is 62.4 Å². The predicted octanol–water partition coefficient (Wildman–Crippen LogP) is 4.90. The fourth-order valence-corrected chi connectivity index (χ4v) is 4.89. The third kappa shape index (κ3) is 9.92. The third-order valence-electron chi connectivity index (χ3n) is 7.23. The van der Waals surface area contributed by atoms with Gasteiger partial charge in [0.15, 0.2) is 5.82 Å². The van der Waals surface area contributed by atoms with Crippen molar-refractivity contribution < 1.29 is 23.5 Å². The first-order chi connectivity index (χ1) is 23.7. The summed E-state index contributed by atoms with van der Waals surface area (Å²) in [5.41, 5.74) is 8.36. The number of hydrogen-bond acceptors (Lipinski definition) is 10. The number of hydrogen-bond donors (Lipinski definition) is 7. The molecule has 0 spiro atoms. The van der Waals surface area contributed by atoms with E-state index in [1.807, 2.05) is 13.8 Å². The van der Waals surface area contributed by atoms with E-state index in [1.165, 1.54) is 22.9 Å². The van der Waals surface area contributed by atoms with Crippen LogP contribution in [0.15, 0.2) is 76.6 Å². The first-order valence-corrected chi connectivity index (χ1v) is 16.1. The number of aromatic nitrogens is 2. The summed E-state index contributed by atoms with van der Waals surface area (Å²) in [5.74, 6) is -1.67. The molecule has 13 nitrogen and oxygen atoms in total. The second-order valence-electron chi connectivity index (χ2n) is 12.0. The lowest BCUT2D eigenvalue weighted by Gasteiger charge is -2.17. The van der Waals surface area contributed by atoms with Crippen molar-refractivity contribution in [1.82, 2.24) is 20.2 Å². The van der Waals surface area contributed by atoms with E-state index in [9.17, 15) is 23.6 Å². The quantitative estimate of drug-likeness (QED) is 0.0469. The lowest BCUT2D eigenvalue weighted by Crippen LogP contribution is -2.35. The molecule has 50 heavy (non-hydrogen) atoms. The molecular formula is C35H39FN8O5S. The summed E-state index contributed by atoms with van der Waals surface area (Å²) in [7, 11) is 0. The van der Waals surface area contributed by atoms with Gasteiger partial charge < -0.3 is 26.4 Å². The SMILES string of the molecule is CC(C)Nc1ncc(-c2cc(N)cc(NC(=O)C(C)C)c2)n(CC(=O)NCc2ccc(C(=N)NC(=O)OCc3c(F)cccc3S)cc2)c1=O. The number of thiol groups is 1. The van der Waals surface area contributed by atoms with Crippen molar-refractivity contribution in [2.75, 3.05) is 16.4 Å². The number of nitrogens with one attached hydrogen (secondary N) is 5. The van der Waals surface area contributed by atoms with Crippen LogP contribution in [0, 0.1) is 17.1 Å². The van der Waals surface area contributed by atoms with Gasteiger partial charge in [-0.2, -0.15) is 0 Å². The van der Waals surface area contributed by atoms with Gasteiger partial charge in [0.1, 0.15) is 24.8 Å². The minimum absolute atomic E-state index is 0.0722. The summed E-state index contributed by atoms with van der Waals surface area (Å²) in [6.07, 6.45) is 0.534. The smallest absolute Gasteiger partial charge is 0.413 e. The fourth-order valence-electron chi connectivity index (χ4n) is 4.63. The van der Waals surface area contributed by atoms with E-state index in [4.69, 9.17) is 15.9 Å². The Balaban J connectivity index is 1.43. The topological polar surface area (TPSA) is 193 Å². The minimum atomic E-state index is -0.936. The number of nitrogens with zero attached hydrogens (tertiary/aromatic N) is 2. The molecule has 0 atom stereocenters. The van der Waals surface area contributed by atoms with E-state index in [-0.39, 0.29) is 54.8 Å². The van der Waals surface area contributed by atoms with E-state index in [0.717, 1.165) is 0 Å². The summed E-state index contributed by atoms with van der Waals surface area (Å²) in [6, 6.07) is 15.6. The highest BCUT2D eigenvalue weighted by Crippen LogP contribution is 2.26. The Hall–Kier alpha value is -5.70. The molecule has 0 aliphatic rings. The highest BCUT2D eigenvalue weighted by Gasteiger charge is 2.18. The zero-order chi connectivity index (χ0) is 36.5. The molecule has 0 bridgehead atoms. The molecule has 7 N–H and O–H groups in total. The predicted molar refractivity (Wildman–Crippen MR) is 193 cm³/mol. The van der Waals surface area contributed by atoms with E-state index in [0.29, 0.717) is 38.7 Å². The molecule has 0 saturated carbocycles. The maximum Gasteiger partial charge on any atom is 0.413 e. The molecule has 4 rings (SSSR count). The molecule has 4 aromatic rings. The van der Waals surface area contributed by atoms with Gasteiger partial charge >= 0.3 is 6.09 Å². The number of nitrogen functional groups attached to an aromatic ring is 1. The molecule has 0 radical (unpaired) electrons. The number of ether oxygens (including phenoxy) is 1. The summed E-state index contributed by atoms with van der Waals surface area (Å²) in [6.45, 7) is 6.63. The lowest BCUT2D eigenvalue weighted by atomic mass is 10.1. The van der Waals surface area contributed by atoms with Crippen LogP contribution < -0.4 is 32.6 Å². The van der Waals surface area contributed by atoms with Gasteiger partial charge in [-0.15, -0.1) is 12.6 Å². The molecule has 0 aliphatic carbocycles. The van der Waals surface area contributed by atoms with E-state index >= 15 is 0 Å². The maximum atomic E-state index is 14.0. The normalized spacial score (nSPS) is 10.9. The summed E-state index contributed by atoms with van der Waals surface area (Å²) >= 11 is 4.16. The Kier molecular flexibility index (Phi) is 12.3. The first-order valence-electron chi connectivity index (χ1n) is 15.6. The Labute approximate surface area is 293 Å². The number of alkyl carbamates (subject to hydrolysis) is 1. The largest absolute Gasteiger partial charge is 0.444 e. The fraction of sp³-hybridized carbons (Fsp3) is 0.257. The van der Waals surface area contributed by atoms with Gasteiger partial charge in [0, 0.05) is 51.5 Å². The van der Waals surface area contributed by atoms with Crippen LogP contribution in [0.3, 0.4) is 0 Å². The Bertz CT molecular complexity index is 1940. The first kappa shape index (κ1) is 37.1. The van der Waals surface area contributed by atoms with Crippen LogP contribution in [0.2, 0.25) is 0 Å². The van der Waals surface area contributed by atoms with Crippen molar-refractivity contribution in [2.24, 2.45) is 5.92 Å². The maximum absolute atomic E-state index is 14.0. The van der Waals surface area contributed by atoms with Crippen LogP contribution in [0.4, 0.5) is 26.4 Å². The van der Waals surface area contributed by atoms with Gasteiger partial charge in [-0.3, -0.25) is 29.7 Å². The molecule has 0 unspecified atom stereocenters. The van der Waals surface area contributed by atoms with Crippen LogP contribution in [0.1, 0.15) is 44.4 Å². The van der Waals surface area contributed by atoms with Crippen molar-refractivity contribution in [3.63, 3.8) is 0 Å². The van der Waals surface area contributed by atoms with E-state index < -0.39 is 23.4 Å².